The summed E-state index contributed by atoms with van der Waals surface area (Å²) in [6, 6.07) is 9.84. The third-order valence-corrected chi connectivity index (χ3v) is 4.84. The van der Waals surface area contributed by atoms with E-state index in [9.17, 15) is 9.18 Å². The van der Waals surface area contributed by atoms with Crippen LogP contribution in [0.4, 0.5) is 4.39 Å². The van der Waals surface area contributed by atoms with Crippen molar-refractivity contribution in [2.45, 2.75) is 11.8 Å². The zero-order valence-electron chi connectivity index (χ0n) is 12.7. The minimum absolute atomic E-state index is 0.146. The van der Waals surface area contributed by atoms with Gasteiger partial charge in [0.25, 0.3) is 0 Å². The van der Waals surface area contributed by atoms with Gasteiger partial charge in [-0.05, 0) is 31.2 Å². The van der Waals surface area contributed by atoms with Crippen LogP contribution in [0, 0.1) is 5.82 Å². The van der Waals surface area contributed by atoms with Crippen molar-refractivity contribution in [2.24, 2.45) is 0 Å². The Morgan fingerprint density at radius 1 is 1.33 bits per heavy atom. The van der Waals surface area contributed by atoms with Gasteiger partial charge >= 0.3 is 5.97 Å². The summed E-state index contributed by atoms with van der Waals surface area (Å²) in [5, 5.41) is 4.91. The molecule has 0 unspecified atom stereocenters. The maximum atomic E-state index is 14.0. The Morgan fingerprint density at radius 2 is 2.12 bits per heavy atom. The highest BCUT2D eigenvalue weighted by Gasteiger charge is 2.18. The van der Waals surface area contributed by atoms with E-state index in [1.54, 1.807) is 37.3 Å². The van der Waals surface area contributed by atoms with E-state index in [0.29, 0.717) is 38.8 Å². The van der Waals surface area contributed by atoms with Crippen molar-refractivity contribution >= 4 is 40.3 Å². The second kappa shape index (κ2) is 7.23. The molecule has 0 saturated heterocycles. The normalized spacial score (nSPS) is 11.0. The molecule has 0 fully saturated rings. The Morgan fingerprint density at radius 3 is 2.88 bits per heavy atom. The van der Waals surface area contributed by atoms with Gasteiger partial charge in [-0.1, -0.05) is 28.9 Å². The van der Waals surface area contributed by atoms with E-state index in [0.717, 1.165) is 0 Å². The number of hydrogen-bond donors (Lipinski definition) is 0. The van der Waals surface area contributed by atoms with Gasteiger partial charge in [0.2, 0.25) is 0 Å². The summed E-state index contributed by atoms with van der Waals surface area (Å²) in [4.78, 5) is 12.1. The number of benzene rings is 2. The molecule has 0 aliphatic heterocycles. The molecule has 124 valence electrons. The number of esters is 1. The first-order valence-electron chi connectivity index (χ1n) is 7.23. The monoisotopic (exact) mass is 365 g/mol. The molecular weight excluding hydrogens is 353 g/mol. The zero-order valence-corrected chi connectivity index (χ0v) is 14.3. The first kappa shape index (κ1) is 16.8. The molecule has 0 aliphatic rings. The lowest BCUT2D eigenvalue weighted by Crippen LogP contribution is -2.06. The van der Waals surface area contributed by atoms with Gasteiger partial charge in [0, 0.05) is 10.5 Å². The Kier molecular flexibility index (Phi) is 5.06. The lowest BCUT2D eigenvalue weighted by Gasteiger charge is -2.04. The fourth-order valence-corrected chi connectivity index (χ4v) is 3.36. The van der Waals surface area contributed by atoms with Gasteiger partial charge in [-0.25, -0.2) is 4.39 Å². The molecule has 7 heteroatoms. The minimum atomic E-state index is -0.385. The highest BCUT2D eigenvalue weighted by Crippen LogP contribution is 2.38. The SMILES string of the molecule is CCOC(=O)CSc1ccc2c(-c3ccccc3F)noc2c1Cl. The Balaban J connectivity index is 1.94. The van der Waals surface area contributed by atoms with E-state index in [1.807, 2.05) is 0 Å². The second-order valence-electron chi connectivity index (χ2n) is 4.86. The van der Waals surface area contributed by atoms with Crippen LogP contribution in [0.15, 0.2) is 45.8 Å². The summed E-state index contributed by atoms with van der Waals surface area (Å²) < 4.78 is 24.2. The van der Waals surface area contributed by atoms with Crippen molar-refractivity contribution in [1.29, 1.82) is 0 Å². The summed E-state index contributed by atoms with van der Waals surface area (Å²) in [5.74, 6) is -0.555. The number of nitrogens with zero attached hydrogens (tertiary/aromatic N) is 1. The largest absolute Gasteiger partial charge is 0.465 e. The van der Waals surface area contributed by atoms with Gasteiger partial charge in [0.15, 0.2) is 5.58 Å². The molecule has 2 aromatic carbocycles. The molecule has 0 aliphatic carbocycles. The molecule has 3 rings (SSSR count). The molecule has 0 spiro atoms. The zero-order chi connectivity index (χ0) is 17.1. The molecule has 0 N–H and O–H groups in total. The molecule has 1 aromatic heterocycles. The molecule has 1 heterocycles. The first-order chi connectivity index (χ1) is 11.6. The predicted octanol–water partition coefficient (Wildman–Crippen LogP) is 4.94. The Bertz CT molecular complexity index is 897. The molecule has 0 amide bonds. The number of carbonyl (C=O) groups is 1. The highest BCUT2D eigenvalue weighted by atomic mass is 35.5. The fraction of sp³-hybridized carbons (Fsp3) is 0.176. The smallest absolute Gasteiger partial charge is 0.316 e. The predicted molar refractivity (Wildman–Crippen MR) is 91.8 cm³/mol. The average Bonchev–Trinajstić information content (AvgIpc) is 3.00. The van der Waals surface area contributed by atoms with Gasteiger partial charge in [-0.2, -0.15) is 0 Å². The van der Waals surface area contributed by atoms with Crippen LogP contribution in [0.1, 0.15) is 6.92 Å². The molecule has 24 heavy (non-hydrogen) atoms. The van der Waals surface area contributed by atoms with E-state index >= 15 is 0 Å². The van der Waals surface area contributed by atoms with Crippen molar-refractivity contribution in [1.82, 2.24) is 5.16 Å². The van der Waals surface area contributed by atoms with Crippen molar-refractivity contribution in [3.05, 3.63) is 47.2 Å². The molecule has 4 nitrogen and oxygen atoms in total. The first-order valence-corrected chi connectivity index (χ1v) is 8.59. The number of ether oxygens (including phenoxy) is 1. The summed E-state index contributed by atoms with van der Waals surface area (Å²) in [6.45, 7) is 2.08. The maximum absolute atomic E-state index is 14.0. The molecule has 0 radical (unpaired) electrons. The third kappa shape index (κ3) is 3.25. The topological polar surface area (TPSA) is 52.3 Å². The summed E-state index contributed by atoms with van der Waals surface area (Å²) >= 11 is 7.59. The van der Waals surface area contributed by atoms with E-state index in [1.165, 1.54) is 17.8 Å². The van der Waals surface area contributed by atoms with Crippen LogP contribution < -0.4 is 0 Å². The standard InChI is InChI=1S/C17H13ClFNO3S/c1-2-22-14(21)9-24-13-8-7-11-16(20-23-17(11)15(13)18)10-5-3-4-6-12(10)19/h3-8H,2,9H2,1H3. The number of aromatic nitrogens is 1. The number of halogens is 2. The minimum Gasteiger partial charge on any atom is -0.465 e. The van der Waals surface area contributed by atoms with E-state index in [-0.39, 0.29) is 17.5 Å². The number of thioether (sulfide) groups is 1. The summed E-state index contributed by atoms with van der Waals surface area (Å²) in [6.07, 6.45) is 0. The van der Waals surface area contributed by atoms with Gasteiger partial charge < -0.3 is 9.26 Å². The van der Waals surface area contributed by atoms with Gasteiger partial charge in [0.1, 0.15) is 16.5 Å². The molecular formula is C17H13ClFNO3S. The number of rotatable bonds is 5. The lowest BCUT2D eigenvalue weighted by atomic mass is 10.1. The van der Waals surface area contributed by atoms with Crippen LogP contribution in [-0.2, 0) is 9.53 Å². The van der Waals surface area contributed by atoms with Crippen molar-refractivity contribution in [3.8, 4) is 11.3 Å². The van der Waals surface area contributed by atoms with Crippen LogP contribution in [0.2, 0.25) is 5.02 Å². The molecule has 0 atom stereocenters. The van der Waals surface area contributed by atoms with E-state index in [4.69, 9.17) is 20.9 Å². The summed E-state index contributed by atoms with van der Waals surface area (Å²) in [5.41, 5.74) is 1.11. The van der Waals surface area contributed by atoms with Crippen molar-refractivity contribution in [2.75, 3.05) is 12.4 Å². The van der Waals surface area contributed by atoms with Gasteiger partial charge in [-0.15, -0.1) is 11.8 Å². The van der Waals surface area contributed by atoms with Crippen molar-refractivity contribution in [3.63, 3.8) is 0 Å². The molecule has 0 bridgehead atoms. The van der Waals surface area contributed by atoms with Crippen LogP contribution in [-0.4, -0.2) is 23.5 Å². The summed E-state index contributed by atoms with van der Waals surface area (Å²) in [7, 11) is 0. The number of hydrogen-bond acceptors (Lipinski definition) is 5. The average molecular weight is 366 g/mol. The fourth-order valence-electron chi connectivity index (χ4n) is 2.25. The number of carbonyl (C=O) groups excluding carboxylic acids is 1. The van der Waals surface area contributed by atoms with Gasteiger partial charge in [0.05, 0.1) is 17.7 Å². The quantitative estimate of drug-likeness (QED) is 0.473. The molecule has 3 aromatic rings. The van der Waals surface area contributed by atoms with Crippen molar-refractivity contribution < 1.29 is 18.4 Å². The van der Waals surface area contributed by atoms with E-state index < -0.39 is 0 Å². The molecule has 0 saturated carbocycles. The van der Waals surface area contributed by atoms with Crippen LogP contribution >= 0.6 is 23.4 Å². The highest BCUT2D eigenvalue weighted by molar-refractivity contribution is 8.00. The van der Waals surface area contributed by atoms with E-state index in [2.05, 4.69) is 5.16 Å². The Labute approximate surface area is 146 Å². The van der Waals surface area contributed by atoms with Crippen LogP contribution in [0.5, 0.6) is 0 Å². The number of fused-ring (bicyclic) bond motifs is 1. The lowest BCUT2D eigenvalue weighted by molar-refractivity contribution is -0.139. The van der Waals surface area contributed by atoms with Gasteiger partial charge in [-0.3, -0.25) is 4.79 Å². The van der Waals surface area contributed by atoms with Crippen LogP contribution in [0.3, 0.4) is 0 Å². The maximum Gasteiger partial charge on any atom is 0.316 e. The third-order valence-electron chi connectivity index (χ3n) is 3.32. The van der Waals surface area contributed by atoms with Crippen LogP contribution in [0.25, 0.3) is 22.2 Å². The second-order valence-corrected chi connectivity index (χ2v) is 6.25. The Hall–Kier alpha value is -2.05.